The number of hydrogen-bond donors (Lipinski definition) is 1. The maximum absolute atomic E-state index is 14.1. The Hall–Kier alpha value is -3.61. The highest BCUT2D eigenvalue weighted by molar-refractivity contribution is 7.14. The number of halogens is 5. The molecule has 7 nitrogen and oxygen atoms in total. The Kier molecular flexibility index (Phi) is 5.39. The van der Waals surface area contributed by atoms with Gasteiger partial charge in [0.1, 0.15) is 5.82 Å². The highest BCUT2D eigenvalue weighted by Crippen LogP contribution is 2.37. The molecule has 3 aromatic rings. The van der Waals surface area contributed by atoms with E-state index in [9.17, 15) is 42.0 Å². The number of amides is 1. The van der Waals surface area contributed by atoms with Crippen LogP contribution < -0.4 is 4.90 Å². The Morgan fingerprint density at radius 2 is 1.87 bits per heavy atom. The minimum Gasteiger partial charge on any atom is -0.464 e. The molecule has 0 atom stereocenters. The number of benzene rings is 2. The Balaban J connectivity index is 2.07. The molecule has 0 unspecified atom stereocenters. The van der Waals surface area contributed by atoms with Crippen molar-refractivity contribution in [3.8, 4) is 11.3 Å². The van der Waals surface area contributed by atoms with Crippen molar-refractivity contribution in [2.45, 2.75) is 6.18 Å². The molecule has 1 N–H and O–H groups in total. The summed E-state index contributed by atoms with van der Waals surface area (Å²) >= 11 is 0.639. The van der Waals surface area contributed by atoms with Crippen molar-refractivity contribution >= 4 is 33.9 Å². The summed E-state index contributed by atoms with van der Waals surface area (Å²) in [7, 11) is 0. The third kappa shape index (κ3) is 4.05. The Morgan fingerprint density at radius 3 is 2.47 bits per heavy atom. The fourth-order valence-corrected chi connectivity index (χ4v) is 3.33. The third-order valence-electron chi connectivity index (χ3n) is 3.82. The summed E-state index contributed by atoms with van der Waals surface area (Å²) in [6, 6.07) is 4.34. The second kappa shape index (κ2) is 7.67. The molecule has 1 aromatic heterocycles. The highest BCUT2D eigenvalue weighted by Gasteiger charge is 2.32. The van der Waals surface area contributed by atoms with Crippen molar-refractivity contribution in [2.75, 3.05) is 4.90 Å². The maximum atomic E-state index is 14.1. The van der Waals surface area contributed by atoms with Crippen molar-refractivity contribution in [3.63, 3.8) is 0 Å². The average molecular weight is 445 g/mol. The quantitative estimate of drug-likeness (QED) is 0.310. The molecule has 0 radical (unpaired) electrons. The van der Waals surface area contributed by atoms with Crippen molar-refractivity contribution < 1.29 is 36.8 Å². The van der Waals surface area contributed by atoms with E-state index in [1.165, 1.54) is 0 Å². The Morgan fingerprint density at radius 1 is 1.17 bits per heavy atom. The summed E-state index contributed by atoms with van der Waals surface area (Å²) in [5, 5.41) is 21.1. The van der Waals surface area contributed by atoms with Crippen molar-refractivity contribution in [1.82, 2.24) is 4.98 Å². The number of anilines is 2. The molecule has 0 aliphatic rings. The zero-order valence-electron chi connectivity index (χ0n) is 14.4. The van der Waals surface area contributed by atoms with Crippen LogP contribution in [0.25, 0.3) is 11.3 Å². The van der Waals surface area contributed by atoms with E-state index >= 15 is 0 Å². The summed E-state index contributed by atoms with van der Waals surface area (Å²) in [5.74, 6) is -2.59. The van der Waals surface area contributed by atoms with E-state index in [1.807, 2.05) is 0 Å². The first-order valence-corrected chi connectivity index (χ1v) is 8.66. The van der Waals surface area contributed by atoms with Gasteiger partial charge in [0, 0.05) is 23.1 Å². The van der Waals surface area contributed by atoms with Crippen molar-refractivity contribution in [1.29, 1.82) is 0 Å². The number of carbonyl (C=O) groups is 1. The minimum atomic E-state index is -4.72. The zero-order chi connectivity index (χ0) is 22.2. The molecule has 0 bridgehead atoms. The number of nitrogens with zero attached hydrogens (tertiary/aromatic N) is 3. The summed E-state index contributed by atoms with van der Waals surface area (Å²) in [4.78, 5) is 25.8. The van der Waals surface area contributed by atoms with Crippen molar-refractivity contribution in [3.05, 3.63) is 69.1 Å². The molecule has 0 aliphatic carbocycles. The third-order valence-corrected chi connectivity index (χ3v) is 4.64. The normalized spacial score (nSPS) is 11.4. The maximum Gasteiger partial charge on any atom is 0.418 e. The number of nitro benzene ring substituents is 1. The monoisotopic (exact) mass is 445 g/mol. The number of carboxylic acid groups (broad SMARTS) is 1. The van der Waals surface area contributed by atoms with Crippen LogP contribution in [0, 0.1) is 21.7 Å². The molecule has 30 heavy (non-hydrogen) atoms. The standard InChI is InChI=1S/C17H8F5N3O4S/c18-11-6-12(19)14(25(28)29)5-10(11)13-7-30-15(23-13)24(16(26)27)9-3-1-2-8(4-9)17(20,21)22/h1-7H,(H,26,27). The second-order valence-electron chi connectivity index (χ2n) is 5.72. The molecule has 156 valence electrons. The SMILES string of the molecule is O=C(O)N(c1cccc(C(F)(F)F)c1)c1nc(-c2cc([N+](=O)[O-])c(F)cc2F)cs1. The van der Waals surface area contributed by atoms with Crippen molar-refractivity contribution in [2.24, 2.45) is 0 Å². The minimum absolute atomic E-state index is 0.256. The van der Waals surface area contributed by atoms with E-state index in [4.69, 9.17) is 0 Å². The van der Waals surface area contributed by atoms with Crippen LogP contribution in [0.1, 0.15) is 5.56 Å². The van der Waals surface area contributed by atoms with Gasteiger partial charge in [-0.3, -0.25) is 10.1 Å². The largest absolute Gasteiger partial charge is 0.464 e. The highest BCUT2D eigenvalue weighted by atomic mass is 32.1. The second-order valence-corrected chi connectivity index (χ2v) is 6.56. The predicted octanol–water partition coefficient (Wildman–Crippen LogP) is 5.83. The first-order valence-electron chi connectivity index (χ1n) is 7.78. The fraction of sp³-hybridized carbons (Fsp3) is 0.0588. The fourth-order valence-electron chi connectivity index (χ4n) is 2.49. The van der Waals surface area contributed by atoms with E-state index in [0.29, 0.717) is 28.4 Å². The van der Waals surface area contributed by atoms with Gasteiger partial charge in [-0.2, -0.15) is 17.6 Å². The zero-order valence-corrected chi connectivity index (χ0v) is 15.2. The van der Waals surface area contributed by atoms with Gasteiger partial charge in [0.15, 0.2) is 5.13 Å². The lowest BCUT2D eigenvalue weighted by atomic mass is 10.1. The first kappa shape index (κ1) is 21.1. The van der Waals surface area contributed by atoms with Crippen LogP contribution in [0.15, 0.2) is 41.8 Å². The number of hydrogen-bond acceptors (Lipinski definition) is 5. The lowest BCUT2D eigenvalue weighted by Crippen LogP contribution is -2.24. The molecule has 2 aromatic carbocycles. The lowest BCUT2D eigenvalue weighted by molar-refractivity contribution is -0.387. The summed E-state index contributed by atoms with van der Waals surface area (Å²) in [5.41, 5.74) is -3.21. The van der Waals surface area contributed by atoms with Crippen LogP contribution in [0.2, 0.25) is 0 Å². The van der Waals surface area contributed by atoms with Gasteiger partial charge in [0.2, 0.25) is 5.82 Å². The van der Waals surface area contributed by atoms with Gasteiger partial charge < -0.3 is 5.11 Å². The van der Waals surface area contributed by atoms with Gasteiger partial charge in [0.05, 0.1) is 21.9 Å². The first-order chi connectivity index (χ1) is 14.0. The van der Waals surface area contributed by atoms with E-state index < -0.39 is 45.6 Å². The number of aromatic nitrogens is 1. The van der Waals surface area contributed by atoms with Crippen LogP contribution in [0.4, 0.5) is 43.3 Å². The molecule has 0 spiro atoms. The van der Waals surface area contributed by atoms with Gasteiger partial charge in [0.25, 0.3) is 0 Å². The number of alkyl halides is 3. The van der Waals surface area contributed by atoms with Crippen LogP contribution >= 0.6 is 11.3 Å². The smallest absolute Gasteiger partial charge is 0.418 e. The number of rotatable bonds is 4. The Labute approximate surface area is 167 Å². The topological polar surface area (TPSA) is 96.6 Å². The summed E-state index contributed by atoms with van der Waals surface area (Å²) in [6.07, 6.45) is -6.38. The van der Waals surface area contributed by atoms with E-state index in [0.717, 1.165) is 23.6 Å². The summed E-state index contributed by atoms with van der Waals surface area (Å²) < 4.78 is 66.4. The van der Waals surface area contributed by atoms with Gasteiger partial charge in [-0.15, -0.1) is 11.3 Å². The van der Waals surface area contributed by atoms with E-state index in [2.05, 4.69) is 4.98 Å². The number of thiazole rings is 1. The molecule has 1 heterocycles. The predicted molar refractivity (Wildman–Crippen MR) is 95.7 cm³/mol. The molecule has 3 rings (SSSR count). The van der Waals surface area contributed by atoms with Gasteiger partial charge in [-0.25, -0.2) is 19.1 Å². The molecule has 0 saturated carbocycles. The van der Waals surface area contributed by atoms with Crippen LogP contribution in [-0.4, -0.2) is 21.1 Å². The van der Waals surface area contributed by atoms with Gasteiger partial charge in [-0.05, 0) is 18.2 Å². The van der Waals surface area contributed by atoms with Crippen LogP contribution in [0.5, 0.6) is 0 Å². The summed E-state index contributed by atoms with van der Waals surface area (Å²) in [6.45, 7) is 0. The molecular formula is C17H8F5N3O4S. The molecule has 0 fully saturated rings. The van der Waals surface area contributed by atoms with Crippen LogP contribution in [0.3, 0.4) is 0 Å². The van der Waals surface area contributed by atoms with Gasteiger partial charge in [-0.1, -0.05) is 6.07 Å². The van der Waals surface area contributed by atoms with E-state index in [-0.39, 0.29) is 22.6 Å². The molecule has 1 amide bonds. The lowest BCUT2D eigenvalue weighted by Gasteiger charge is -2.17. The average Bonchev–Trinajstić information content (AvgIpc) is 3.10. The molecule has 0 aliphatic heterocycles. The molecular weight excluding hydrogens is 437 g/mol. The Bertz CT molecular complexity index is 1150. The number of nitro groups is 1. The molecule has 13 heteroatoms. The van der Waals surface area contributed by atoms with Gasteiger partial charge >= 0.3 is 18.0 Å². The molecule has 0 saturated heterocycles. The van der Waals surface area contributed by atoms with Crippen LogP contribution in [-0.2, 0) is 6.18 Å². The van der Waals surface area contributed by atoms with E-state index in [1.54, 1.807) is 0 Å².